The Morgan fingerprint density at radius 2 is 2.60 bits per heavy atom. The largest absolute Gasteiger partial charge is 0.303 e. The number of rotatable bonds is 4. The molecule has 0 aliphatic heterocycles. The lowest BCUT2D eigenvalue weighted by Gasteiger charge is -1.94. The average Bonchev–Trinajstić information content (AvgIpc) is 2.41. The van der Waals surface area contributed by atoms with Crippen LogP contribution in [0.25, 0.3) is 0 Å². The van der Waals surface area contributed by atoms with Crippen molar-refractivity contribution in [2.24, 2.45) is 0 Å². The van der Waals surface area contributed by atoms with Crippen LogP contribution in [0.5, 0.6) is 0 Å². The van der Waals surface area contributed by atoms with Crippen molar-refractivity contribution < 1.29 is 4.79 Å². The SMILES string of the molecule is O=CCCSn1ccnc1. The third kappa shape index (κ3) is 2.23. The van der Waals surface area contributed by atoms with Crippen LogP contribution in [-0.2, 0) is 4.79 Å². The Bertz CT molecular complexity index is 186. The molecular weight excluding hydrogens is 148 g/mol. The van der Waals surface area contributed by atoms with E-state index in [0.717, 1.165) is 12.0 Å². The number of aldehydes is 1. The van der Waals surface area contributed by atoms with Crippen LogP contribution in [0.1, 0.15) is 6.42 Å². The molecule has 0 aliphatic carbocycles. The van der Waals surface area contributed by atoms with E-state index in [2.05, 4.69) is 4.98 Å². The maximum Gasteiger partial charge on any atom is 0.120 e. The van der Waals surface area contributed by atoms with Gasteiger partial charge >= 0.3 is 0 Å². The monoisotopic (exact) mass is 156 g/mol. The molecular formula is C6H8N2OS. The first-order chi connectivity index (χ1) is 4.93. The van der Waals surface area contributed by atoms with Gasteiger partial charge in [-0.2, -0.15) is 0 Å². The molecule has 0 atom stereocenters. The minimum Gasteiger partial charge on any atom is -0.303 e. The molecule has 0 aromatic carbocycles. The highest BCUT2D eigenvalue weighted by molar-refractivity contribution is 7.97. The van der Waals surface area contributed by atoms with Crippen molar-refractivity contribution in [3.05, 3.63) is 18.7 Å². The van der Waals surface area contributed by atoms with Gasteiger partial charge in [0.15, 0.2) is 0 Å². The van der Waals surface area contributed by atoms with Crippen molar-refractivity contribution >= 4 is 18.2 Å². The van der Waals surface area contributed by atoms with Crippen molar-refractivity contribution in [3.63, 3.8) is 0 Å². The Morgan fingerprint density at radius 1 is 1.70 bits per heavy atom. The van der Waals surface area contributed by atoms with Gasteiger partial charge in [0.05, 0.1) is 0 Å². The molecule has 0 N–H and O–H groups in total. The first-order valence-electron chi connectivity index (χ1n) is 2.98. The standard InChI is InChI=1S/C6H8N2OS/c9-4-1-5-10-8-3-2-7-6-8/h2-4,6H,1,5H2. The Balaban J connectivity index is 2.21. The van der Waals surface area contributed by atoms with E-state index in [1.54, 1.807) is 24.5 Å². The zero-order chi connectivity index (χ0) is 7.23. The molecule has 1 heterocycles. The summed E-state index contributed by atoms with van der Waals surface area (Å²) in [7, 11) is 0. The second-order valence-electron chi connectivity index (χ2n) is 1.71. The van der Waals surface area contributed by atoms with E-state index in [-0.39, 0.29) is 0 Å². The van der Waals surface area contributed by atoms with Gasteiger partial charge in [0, 0.05) is 24.6 Å². The fourth-order valence-corrected chi connectivity index (χ4v) is 1.20. The van der Waals surface area contributed by atoms with Crippen LogP contribution in [0.3, 0.4) is 0 Å². The number of nitrogens with zero attached hydrogens (tertiary/aromatic N) is 2. The molecule has 1 rings (SSSR count). The van der Waals surface area contributed by atoms with Crippen LogP contribution in [0.2, 0.25) is 0 Å². The summed E-state index contributed by atoms with van der Waals surface area (Å²) in [6, 6.07) is 0. The number of hydrogen-bond donors (Lipinski definition) is 0. The molecule has 0 amide bonds. The molecule has 1 aromatic heterocycles. The second-order valence-corrected chi connectivity index (χ2v) is 2.80. The summed E-state index contributed by atoms with van der Waals surface area (Å²) in [5.74, 6) is 0.819. The Labute approximate surface area is 63.6 Å². The number of carbonyl (C=O) groups is 1. The van der Waals surface area contributed by atoms with Gasteiger partial charge in [-0.15, -0.1) is 0 Å². The lowest BCUT2D eigenvalue weighted by Crippen LogP contribution is -1.85. The summed E-state index contributed by atoms with van der Waals surface area (Å²) in [6.07, 6.45) is 6.81. The van der Waals surface area contributed by atoms with Crippen molar-refractivity contribution in [1.29, 1.82) is 0 Å². The van der Waals surface area contributed by atoms with E-state index < -0.39 is 0 Å². The van der Waals surface area contributed by atoms with E-state index in [1.807, 2.05) is 10.2 Å². The molecule has 3 nitrogen and oxygen atoms in total. The topological polar surface area (TPSA) is 34.9 Å². The molecule has 1 aromatic rings. The number of aromatic nitrogens is 2. The van der Waals surface area contributed by atoms with Gasteiger partial charge in [-0.05, 0) is 11.9 Å². The highest BCUT2D eigenvalue weighted by Crippen LogP contribution is 2.04. The highest BCUT2D eigenvalue weighted by atomic mass is 32.2. The maximum absolute atomic E-state index is 9.90. The van der Waals surface area contributed by atoms with Gasteiger partial charge in [-0.25, -0.2) is 4.98 Å². The zero-order valence-corrected chi connectivity index (χ0v) is 6.25. The van der Waals surface area contributed by atoms with E-state index in [0.29, 0.717) is 6.42 Å². The van der Waals surface area contributed by atoms with Gasteiger partial charge in [-0.1, -0.05) is 0 Å². The van der Waals surface area contributed by atoms with E-state index >= 15 is 0 Å². The molecule has 0 radical (unpaired) electrons. The minimum absolute atomic E-state index is 0.600. The number of hydrogen-bond acceptors (Lipinski definition) is 3. The lowest BCUT2D eigenvalue weighted by atomic mass is 10.6. The lowest BCUT2D eigenvalue weighted by molar-refractivity contribution is -0.107. The van der Waals surface area contributed by atoms with E-state index in [4.69, 9.17) is 0 Å². The van der Waals surface area contributed by atoms with Crippen molar-refractivity contribution in [2.45, 2.75) is 6.42 Å². The second kappa shape index (κ2) is 4.11. The van der Waals surface area contributed by atoms with Crippen molar-refractivity contribution in [3.8, 4) is 0 Å². The molecule has 0 fully saturated rings. The molecule has 0 bridgehead atoms. The maximum atomic E-state index is 9.90. The summed E-state index contributed by atoms with van der Waals surface area (Å²) in [6.45, 7) is 0. The first-order valence-corrected chi connectivity index (χ1v) is 3.92. The Kier molecular flexibility index (Phi) is 3.02. The van der Waals surface area contributed by atoms with Crippen LogP contribution in [0.4, 0.5) is 0 Å². The molecule has 0 aliphatic rings. The van der Waals surface area contributed by atoms with Crippen LogP contribution >= 0.6 is 11.9 Å². The Morgan fingerprint density at radius 3 is 3.20 bits per heavy atom. The summed E-state index contributed by atoms with van der Waals surface area (Å²) < 4.78 is 1.88. The number of carbonyl (C=O) groups excluding carboxylic acids is 1. The number of imidazole rings is 1. The fraction of sp³-hybridized carbons (Fsp3) is 0.333. The molecule has 54 valence electrons. The van der Waals surface area contributed by atoms with Crippen LogP contribution in [-0.4, -0.2) is 21.0 Å². The van der Waals surface area contributed by atoms with Gasteiger partial charge in [-0.3, -0.25) is 3.97 Å². The fourth-order valence-electron chi connectivity index (χ4n) is 0.529. The van der Waals surface area contributed by atoms with E-state index in [9.17, 15) is 4.79 Å². The first kappa shape index (κ1) is 7.34. The van der Waals surface area contributed by atoms with Crippen LogP contribution in [0, 0.1) is 0 Å². The van der Waals surface area contributed by atoms with Gasteiger partial charge in [0.25, 0.3) is 0 Å². The van der Waals surface area contributed by atoms with Crippen molar-refractivity contribution in [2.75, 3.05) is 5.75 Å². The summed E-state index contributed by atoms with van der Waals surface area (Å²) in [5.41, 5.74) is 0. The van der Waals surface area contributed by atoms with Crippen molar-refractivity contribution in [1.82, 2.24) is 8.96 Å². The van der Waals surface area contributed by atoms with Gasteiger partial charge in [0.1, 0.15) is 12.6 Å². The normalized spacial score (nSPS) is 9.60. The predicted molar refractivity (Wildman–Crippen MR) is 40.8 cm³/mol. The van der Waals surface area contributed by atoms with E-state index in [1.165, 1.54) is 0 Å². The summed E-state index contributed by atoms with van der Waals surface area (Å²) in [4.78, 5) is 13.7. The van der Waals surface area contributed by atoms with Crippen LogP contribution < -0.4 is 0 Å². The predicted octanol–water partition coefficient (Wildman–Crippen LogP) is 0.968. The average molecular weight is 156 g/mol. The Hall–Kier alpha value is -0.770. The molecule has 4 heteroatoms. The highest BCUT2D eigenvalue weighted by Gasteiger charge is 1.88. The summed E-state index contributed by atoms with van der Waals surface area (Å²) in [5, 5.41) is 0. The third-order valence-electron chi connectivity index (χ3n) is 0.956. The molecule has 0 saturated heterocycles. The zero-order valence-electron chi connectivity index (χ0n) is 5.43. The quantitative estimate of drug-likeness (QED) is 0.481. The molecule has 0 unspecified atom stereocenters. The molecule has 0 spiro atoms. The molecule has 0 saturated carbocycles. The molecule has 10 heavy (non-hydrogen) atoms. The summed E-state index contributed by atoms with van der Waals surface area (Å²) >= 11 is 1.57. The smallest absolute Gasteiger partial charge is 0.120 e. The van der Waals surface area contributed by atoms with Crippen LogP contribution in [0.15, 0.2) is 18.7 Å². The van der Waals surface area contributed by atoms with Gasteiger partial charge < -0.3 is 4.79 Å². The third-order valence-corrected chi connectivity index (χ3v) is 1.89. The van der Waals surface area contributed by atoms with Gasteiger partial charge in [0.2, 0.25) is 0 Å². The minimum atomic E-state index is 0.600.